The molecule has 0 aliphatic rings. The summed E-state index contributed by atoms with van der Waals surface area (Å²) >= 11 is 28.3. The summed E-state index contributed by atoms with van der Waals surface area (Å²) in [6.45, 7) is 11.8. The van der Waals surface area contributed by atoms with Crippen molar-refractivity contribution in [1.29, 1.82) is 0 Å². The van der Waals surface area contributed by atoms with Crippen LogP contribution in [0, 0.1) is 26.8 Å². The lowest BCUT2D eigenvalue weighted by atomic mass is 9.78. The Morgan fingerprint density at radius 3 is 1.18 bits per heavy atom. The van der Waals surface area contributed by atoms with Crippen molar-refractivity contribution in [2.24, 2.45) is 0 Å². The highest BCUT2D eigenvalue weighted by Crippen LogP contribution is 2.33. The Morgan fingerprint density at radius 2 is 0.812 bits per heavy atom. The first-order valence-corrected chi connectivity index (χ1v) is 29.0. The molecule has 0 aliphatic carbocycles. The van der Waals surface area contributed by atoms with Gasteiger partial charge < -0.3 is 53.0 Å². The van der Waals surface area contributed by atoms with E-state index in [2.05, 4.69) is 15.9 Å². The number of benzene rings is 8. The monoisotopic (exact) mass is 1430 g/mol. The summed E-state index contributed by atoms with van der Waals surface area (Å²) in [6.07, 6.45) is 0.340. The molecular weight excluding hydrogens is 1370 g/mol. The molecule has 0 atom stereocenters. The Hall–Kier alpha value is -5.04. The molecule has 0 radical (unpaired) electrons. The van der Waals surface area contributed by atoms with Crippen molar-refractivity contribution >= 4 is 117 Å². The molecule has 4 N–H and O–H groups in total. The average molecular weight is 1430 g/mol. The number of methoxy groups -OCH3 is 4. The molecule has 0 amide bonds. The summed E-state index contributed by atoms with van der Waals surface area (Å²) in [5.74, 6) is 0.700. The molecule has 11 nitrogen and oxygen atoms in total. The van der Waals surface area contributed by atoms with Crippen molar-refractivity contribution in [3.05, 3.63) is 209 Å². The number of rotatable bonds is 15. The van der Waals surface area contributed by atoms with E-state index < -0.39 is 27.4 Å². The molecule has 8 aromatic rings. The van der Waals surface area contributed by atoms with E-state index in [4.69, 9.17) is 99.4 Å². The van der Waals surface area contributed by atoms with Gasteiger partial charge in [0.2, 0.25) is 0 Å². The fourth-order valence-electron chi connectivity index (χ4n) is 6.93. The minimum absolute atomic E-state index is 0.0224. The second-order valence-electron chi connectivity index (χ2n) is 18.3. The molecule has 8 rings (SSSR count). The standard InChI is InChI=1S/C13H11BClFO3.C13H9ClFIO.C13H10ClFO.C9H21BO3.C7H6BrFO.C6H6BClO2/c1-19-13-6-10(8-3-2-4-9(15)5-8)12(16)7-11(13)14(17)18;1-17-13-6-10(11(15)7-12(13)16)8-3-2-4-9(14)5-8;1-16-11-5-6-13(15)12(8-11)9-3-2-4-10(14)7-9;1-7(2)11-10(12-8(3)4)13-9(5)6;1-10-5-2-3-7(9)6(8)4-5;8-6-3-1-2-5(4-6)7(9)10/h2-7,17-18H,1H3;2-7H,1H3;2-8H,1H3;7-9H,1-6H3;2-4H,1H3;1-4,9-10H. The fourth-order valence-corrected chi connectivity index (χ4v) is 8.71. The zero-order valence-electron chi connectivity index (χ0n) is 47.9. The molecule has 0 unspecified atom stereocenters. The van der Waals surface area contributed by atoms with Crippen LogP contribution in [0.25, 0.3) is 33.4 Å². The third-order valence-corrected chi connectivity index (χ3v) is 13.2. The second-order valence-corrected chi connectivity index (χ2v) is 22.1. The summed E-state index contributed by atoms with van der Waals surface area (Å²) in [4.78, 5) is 0. The van der Waals surface area contributed by atoms with Crippen LogP contribution < -0.4 is 29.9 Å². The first-order valence-electron chi connectivity index (χ1n) is 25.6. The first-order chi connectivity index (χ1) is 40.2. The van der Waals surface area contributed by atoms with Crippen molar-refractivity contribution in [1.82, 2.24) is 0 Å². The molecule has 0 aromatic heterocycles. The molecule has 0 bridgehead atoms. The van der Waals surface area contributed by atoms with Crippen LogP contribution in [0.15, 0.2) is 162 Å². The van der Waals surface area contributed by atoms with Gasteiger partial charge in [-0.2, -0.15) is 0 Å². The normalized spacial score (nSPS) is 10.3. The molecule has 0 spiro atoms. The summed E-state index contributed by atoms with van der Waals surface area (Å²) in [7, 11) is 2.27. The van der Waals surface area contributed by atoms with Crippen LogP contribution in [0.4, 0.5) is 17.6 Å². The van der Waals surface area contributed by atoms with Crippen molar-refractivity contribution in [3.63, 3.8) is 0 Å². The maximum absolute atomic E-state index is 14.0. The molecule has 0 fully saturated rings. The van der Waals surface area contributed by atoms with Crippen molar-refractivity contribution in [3.8, 4) is 56.4 Å². The number of hydrogen-bond acceptors (Lipinski definition) is 11. The fraction of sp³-hybridized carbons (Fsp3) is 0.213. The molecule has 0 heterocycles. The molecule has 0 aliphatic heterocycles. The Labute approximate surface area is 537 Å². The third kappa shape index (κ3) is 26.5. The Kier molecular flexibility index (Phi) is 33.4. The Balaban J connectivity index is 0.000000271. The second kappa shape index (κ2) is 38.3. The molecule has 8 aromatic carbocycles. The lowest BCUT2D eigenvalue weighted by Crippen LogP contribution is -2.34. The van der Waals surface area contributed by atoms with E-state index in [0.717, 1.165) is 20.8 Å². The van der Waals surface area contributed by atoms with Crippen LogP contribution >= 0.6 is 84.9 Å². The van der Waals surface area contributed by atoms with Gasteiger partial charge in [0.05, 0.1) is 36.5 Å². The van der Waals surface area contributed by atoms with Crippen LogP contribution in [0.2, 0.25) is 20.1 Å². The number of hydrogen-bond donors (Lipinski definition) is 4. The zero-order valence-corrected chi connectivity index (χ0v) is 54.7. The smallest absolute Gasteiger partial charge is 0.497 e. The van der Waals surface area contributed by atoms with Crippen molar-refractivity contribution in [2.75, 3.05) is 28.4 Å². The van der Waals surface area contributed by atoms with Gasteiger partial charge in [-0.05, 0) is 211 Å². The van der Waals surface area contributed by atoms with Gasteiger partial charge in [0, 0.05) is 60.6 Å². The maximum atomic E-state index is 14.0. The van der Waals surface area contributed by atoms with Crippen molar-refractivity contribution in [2.45, 2.75) is 59.9 Å². The van der Waals surface area contributed by atoms with Crippen molar-refractivity contribution < 1.29 is 70.6 Å². The topological polar surface area (TPSA) is 146 Å². The number of halogens is 10. The molecule has 24 heteroatoms. The van der Waals surface area contributed by atoms with E-state index in [1.165, 1.54) is 37.4 Å². The van der Waals surface area contributed by atoms with Gasteiger partial charge in [-0.3, -0.25) is 0 Å². The van der Waals surface area contributed by atoms with Gasteiger partial charge >= 0.3 is 21.6 Å². The zero-order chi connectivity index (χ0) is 63.5. The van der Waals surface area contributed by atoms with Crippen LogP contribution in [-0.2, 0) is 14.0 Å². The van der Waals surface area contributed by atoms with E-state index in [9.17, 15) is 17.6 Å². The largest absolute Gasteiger partial charge is 0.639 e. The van der Waals surface area contributed by atoms with Crippen LogP contribution in [0.1, 0.15) is 41.5 Å². The van der Waals surface area contributed by atoms with E-state index >= 15 is 0 Å². The van der Waals surface area contributed by atoms with Crippen LogP contribution in [0.5, 0.6) is 23.0 Å². The average Bonchev–Trinajstić information content (AvgIpc) is 3.65. The summed E-state index contributed by atoms with van der Waals surface area (Å²) in [6, 6.07) is 42.0. The van der Waals surface area contributed by atoms with Crippen LogP contribution in [0.3, 0.4) is 0 Å². The predicted octanol–water partition coefficient (Wildman–Crippen LogP) is 15.6. The van der Waals surface area contributed by atoms with Crippen LogP contribution in [-0.4, -0.2) is 88.4 Å². The van der Waals surface area contributed by atoms with E-state index in [1.807, 2.05) is 76.3 Å². The molecule has 0 saturated carbocycles. The Morgan fingerprint density at radius 1 is 0.424 bits per heavy atom. The third-order valence-electron chi connectivity index (χ3n) is 10.8. The summed E-state index contributed by atoms with van der Waals surface area (Å²) in [5, 5.41) is 37.8. The van der Waals surface area contributed by atoms with Gasteiger partial charge in [0.25, 0.3) is 0 Å². The lowest BCUT2D eigenvalue weighted by molar-refractivity contribution is 0.0335. The van der Waals surface area contributed by atoms with E-state index in [0.29, 0.717) is 64.0 Å². The van der Waals surface area contributed by atoms with Gasteiger partial charge in [-0.25, -0.2) is 17.6 Å². The molecule has 0 saturated heterocycles. The highest BCUT2D eigenvalue weighted by Gasteiger charge is 2.26. The first kappa shape index (κ1) is 74.2. The summed E-state index contributed by atoms with van der Waals surface area (Å²) in [5.41, 5.74) is 3.71. The van der Waals surface area contributed by atoms with E-state index in [1.54, 1.807) is 131 Å². The van der Waals surface area contributed by atoms with Gasteiger partial charge in [0.15, 0.2) is 0 Å². The predicted molar refractivity (Wildman–Crippen MR) is 349 cm³/mol. The lowest BCUT2D eigenvalue weighted by Gasteiger charge is -2.20. The van der Waals surface area contributed by atoms with Gasteiger partial charge in [0.1, 0.15) is 46.3 Å². The van der Waals surface area contributed by atoms with Gasteiger partial charge in [-0.1, -0.05) is 94.9 Å². The SMILES string of the molecule is CC(C)OB(OC(C)C)OC(C)C.COc1cc(-c2cccc(Cl)c2)c(F)cc1B(O)O.COc1cc(-c2cccc(Cl)c2)c(F)cc1I.COc1ccc(F)c(-c2cccc(Cl)c2)c1.COc1ccc(F)c(Br)c1.OB(O)c1cccc(Cl)c1. The van der Waals surface area contributed by atoms with Gasteiger partial charge in [-0.15, -0.1) is 0 Å². The van der Waals surface area contributed by atoms with E-state index in [-0.39, 0.29) is 52.5 Å². The minimum atomic E-state index is -1.79. The number of ether oxygens (including phenoxy) is 4. The maximum Gasteiger partial charge on any atom is 0.639 e. The molecule has 452 valence electrons. The molecular formula is C61H63B3BrCl4F4IO11. The molecule has 85 heavy (non-hydrogen) atoms. The quantitative estimate of drug-likeness (QED) is 0.0442. The Bertz CT molecular complexity index is 3320. The highest BCUT2D eigenvalue weighted by molar-refractivity contribution is 14.1. The highest BCUT2D eigenvalue weighted by atomic mass is 127. The minimum Gasteiger partial charge on any atom is -0.497 e. The summed E-state index contributed by atoms with van der Waals surface area (Å²) < 4.78 is 91.6.